The second-order valence-electron chi connectivity index (χ2n) is 3.08. The third-order valence-electron chi connectivity index (χ3n) is 1.89. The maximum Gasteiger partial charge on any atom is 0.0720 e. The number of halogens is 1. The molecule has 0 heterocycles. The molecule has 1 rings (SSSR count). The van der Waals surface area contributed by atoms with Crippen molar-refractivity contribution in [3.63, 3.8) is 0 Å². The van der Waals surface area contributed by atoms with Crippen molar-refractivity contribution in [2.75, 3.05) is 5.33 Å². The van der Waals surface area contributed by atoms with Crippen LogP contribution in [-0.2, 0) is 11.3 Å². The van der Waals surface area contributed by atoms with Crippen LogP contribution in [0.1, 0.15) is 18.9 Å². The molecule has 1 aromatic rings. The molecule has 1 aromatic carbocycles. The normalized spacial score (nSPS) is 12.8. The van der Waals surface area contributed by atoms with Crippen molar-refractivity contribution in [1.82, 2.24) is 0 Å². The number of ether oxygens (including phenoxy) is 1. The summed E-state index contributed by atoms with van der Waals surface area (Å²) < 4.78 is 5.64. The van der Waals surface area contributed by atoms with Crippen LogP contribution in [0.2, 0.25) is 0 Å². The summed E-state index contributed by atoms with van der Waals surface area (Å²) in [7, 11) is 0. The summed E-state index contributed by atoms with van der Waals surface area (Å²) in [5.41, 5.74) is 1.24. The van der Waals surface area contributed by atoms with Crippen LogP contribution in [-0.4, -0.2) is 11.4 Å². The van der Waals surface area contributed by atoms with Gasteiger partial charge in [-0.25, -0.2) is 0 Å². The molecule has 1 nitrogen and oxygen atoms in total. The van der Waals surface area contributed by atoms with E-state index in [1.165, 1.54) is 5.56 Å². The molecule has 0 amide bonds. The van der Waals surface area contributed by atoms with Gasteiger partial charge in [-0.1, -0.05) is 46.3 Å². The van der Waals surface area contributed by atoms with Gasteiger partial charge in [0.2, 0.25) is 0 Å². The van der Waals surface area contributed by atoms with E-state index >= 15 is 0 Å². The van der Waals surface area contributed by atoms with E-state index in [-0.39, 0.29) is 0 Å². The third kappa shape index (κ3) is 4.44. The summed E-state index contributed by atoms with van der Waals surface area (Å²) in [6.45, 7) is 2.82. The van der Waals surface area contributed by atoms with Crippen molar-refractivity contribution < 1.29 is 4.74 Å². The highest BCUT2D eigenvalue weighted by Crippen LogP contribution is 2.06. The average Bonchev–Trinajstić information content (AvgIpc) is 2.17. The van der Waals surface area contributed by atoms with Crippen LogP contribution in [0, 0.1) is 0 Å². The summed E-state index contributed by atoms with van der Waals surface area (Å²) >= 11 is 3.40. The first-order chi connectivity index (χ1) is 6.33. The predicted molar refractivity (Wildman–Crippen MR) is 59.1 cm³/mol. The molecular weight excluding hydrogens is 228 g/mol. The van der Waals surface area contributed by atoms with Crippen molar-refractivity contribution in [2.24, 2.45) is 0 Å². The van der Waals surface area contributed by atoms with Gasteiger partial charge in [-0.05, 0) is 18.9 Å². The maximum absolute atomic E-state index is 5.64. The molecule has 0 saturated heterocycles. The number of hydrogen-bond donors (Lipinski definition) is 0. The van der Waals surface area contributed by atoms with E-state index < -0.39 is 0 Å². The van der Waals surface area contributed by atoms with Crippen molar-refractivity contribution in [1.29, 1.82) is 0 Å². The van der Waals surface area contributed by atoms with E-state index in [4.69, 9.17) is 4.74 Å². The Morgan fingerprint density at radius 2 is 2.00 bits per heavy atom. The first kappa shape index (κ1) is 10.7. The Balaban J connectivity index is 2.27. The molecule has 0 aliphatic rings. The Morgan fingerprint density at radius 3 is 2.62 bits per heavy atom. The number of hydrogen-bond acceptors (Lipinski definition) is 1. The van der Waals surface area contributed by atoms with Crippen molar-refractivity contribution in [3.8, 4) is 0 Å². The quantitative estimate of drug-likeness (QED) is 0.720. The Labute approximate surface area is 88.2 Å². The van der Waals surface area contributed by atoms with Crippen LogP contribution in [0.25, 0.3) is 0 Å². The van der Waals surface area contributed by atoms with Crippen LogP contribution < -0.4 is 0 Å². The molecule has 1 atom stereocenters. The topological polar surface area (TPSA) is 9.23 Å². The molecular formula is C11H15BrO. The summed E-state index contributed by atoms with van der Waals surface area (Å²) in [6, 6.07) is 10.3. The molecule has 0 aliphatic carbocycles. The van der Waals surface area contributed by atoms with Gasteiger partial charge in [-0.3, -0.25) is 0 Å². The van der Waals surface area contributed by atoms with Gasteiger partial charge in [0.25, 0.3) is 0 Å². The maximum atomic E-state index is 5.64. The second-order valence-corrected chi connectivity index (χ2v) is 3.88. The predicted octanol–water partition coefficient (Wildman–Crippen LogP) is 3.38. The molecule has 0 unspecified atom stereocenters. The third-order valence-corrected chi connectivity index (χ3v) is 2.35. The Bertz CT molecular complexity index is 223. The van der Waals surface area contributed by atoms with Gasteiger partial charge < -0.3 is 4.74 Å². The van der Waals surface area contributed by atoms with Crippen molar-refractivity contribution >= 4 is 15.9 Å². The Morgan fingerprint density at radius 1 is 1.31 bits per heavy atom. The highest BCUT2D eigenvalue weighted by atomic mass is 79.9. The fraction of sp³-hybridized carbons (Fsp3) is 0.455. The summed E-state index contributed by atoms with van der Waals surface area (Å²) in [5.74, 6) is 0. The molecule has 0 aromatic heterocycles. The van der Waals surface area contributed by atoms with Gasteiger partial charge in [0.1, 0.15) is 0 Å². The molecule has 0 fully saturated rings. The summed E-state index contributed by atoms with van der Waals surface area (Å²) in [6.07, 6.45) is 1.40. The number of alkyl halides is 1. The molecule has 2 heteroatoms. The van der Waals surface area contributed by atoms with Gasteiger partial charge in [-0.15, -0.1) is 0 Å². The van der Waals surface area contributed by atoms with E-state index in [0.717, 1.165) is 18.4 Å². The van der Waals surface area contributed by atoms with Crippen molar-refractivity contribution in [3.05, 3.63) is 35.9 Å². The van der Waals surface area contributed by atoms with Crippen LogP contribution in [0.15, 0.2) is 30.3 Å². The number of rotatable bonds is 5. The molecule has 0 bridgehead atoms. The molecule has 0 saturated carbocycles. The fourth-order valence-corrected chi connectivity index (χ4v) is 1.69. The smallest absolute Gasteiger partial charge is 0.0720 e. The van der Waals surface area contributed by atoms with Gasteiger partial charge in [-0.2, -0.15) is 0 Å². The zero-order valence-electron chi connectivity index (χ0n) is 7.87. The van der Waals surface area contributed by atoms with Crippen LogP contribution in [0.5, 0.6) is 0 Å². The SMILES string of the molecule is C[C@H](CCBr)OCc1ccccc1. The van der Waals surface area contributed by atoms with Gasteiger partial charge in [0.15, 0.2) is 0 Å². The lowest BCUT2D eigenvalue weighted by Gasteiger charge is -2.11. The molecule has 0 spiro atoms. The van der Waals surface area contributed by atoms with E-state index in [1.54, 1.807) is 0 Å². The molecule has 72 valence electrons. The zero-order valence-corrected chi connectivity index (χ0v) is 9.46. The molecule has 0 N–H and O–H groups in total. The van der Waals surface area contributed by atoms with Crippen LogP contribution >= 0.6 is 15.9 Å². The summed E-state index contributed by atoms with van der Waals surface area (Å²) in [4.78, 5) is 0. The fourth-order valence-electron chi connectivity index (χ4n) is 1.05. The van der Waals surface area contributed by atoms with Gasteiger partial charge in [0.05, 0.1) is 12.7 Å². The van der Waals surface area contributed by atoms with Gasteiger partial charge in [0, 0.05) is 5.33 Å². The minimum absolute atomic E-state index is 0.333. The number of benzene rings is 1. The van der Waals surface area contributed by atoms with Gasteiger partial charge >= 0.3 is 0 Å². The van der Waals surface area contributed by atoms with Crippen LogP contribution in [0.4, 0.5) is 0 Å². The standard InChI is InChI=1S/C11H15BrO/c1-10(7-8-12)13-9-11-5-3-2-4-6-11/h2-6,10H,7-9H2,1H3/t10-/m1/s1. The first-order valence-electron chi connectivity index (χ1n) is 4.54. The Hall–Kier alpha value is -0.340. The molecule has 13 heavy (non-hydrogen) atoms. The monoisotopic (exact) mass is 242 g/mol. The molecule has 0 aliphatic heterocycles. The highest BCUT2D eigenvalue weighted by molar-refractivity contribution is 9.09. The largest absolute Gasteiger partial charge is 0.374 e. The van der Waals surface area contributed by atoms with E-state index in [0.29, 0.717) is 6.10 Å². The summed E-state index contributed by atoms with van der Waals surface area (Å²) in [5, 5.41) is 1.00. The second kappa shape index (κ2) is 6.17. The zero-order chi connectivity index (χ0) is 9.52. The van der Waals surface area contributed by atoms with E-state index in [1.807, 2.05) is 18.2 Å². The first-order valence-corrected chi connectivity index (χ1v) is 5.66. The Kier molecular flexibility index (Phi) is 5.09. The minimum Gasteiger partial charge on any atom is -0.374 e. The lowest BCUT2D eigenvalue weighted by atomic mass is 10.2. The van der Waals surface area contributed by atoms with Crippen LogP contribution in [0.3, 0.4) is 0 Å². The van der Waals surface area contributed by atoms with Crippen molar-refractivity contribution in [2.45, 2.75) is 26.1 Å². The lowest BCUT2D eigenvalue weighted by molar-refractivity contribution is 0.0518. The van der Waals surface area contributed by atoms with E-state index in [2.05, 4.69) is 35.0 Å². The average molecular weight is 243 g/mol. The molecule has 0 radical (unpaired) electrons. The lowest BCUT2D eigenvalue weighted by Crippen LogP contribution is -2.08. The minimum atomic E-state index is 0.333. The van der Waals surface area contributed by atoms with E-state index in [9.17, 15) is 0 Å². The highest BCUT2D eigenvalue weighted by Gasteiger charge is 2.00.